The average molecular weight is 267 g/mol. The summed E-state index contributed by atoms with van der Waals surface area (Å²) in [6.07, 6.45) is 3.49. The van der Waals surface area contributed by atoms with Crippen LogP contribution in [0.4, 0.5) is 0 Å². The molecular weight excluding hydrogens is 250 g/mol. The standard InChI is InChI=1S/C12H17N3O4/c13-8-5-7(6-11(17)18)1-2-9(8)15-4-3-10(16)14-12(15)19/h3-4,7-9H,1-2,5-6,13H2,(H,17,18)(H,14,16,19). The molecule has 2 rings (SSSR count). The largest absolute Gasteiger partial charge is 0.481 e. The number of nitrogens with two attached hydrogens (primary N) is 1. The quantitative estimate of drug-likeness (QED) is 0.693. The highest BCUT2D eigenvalue weighted by molar-refractivity contribution is 5.67. The molecule has 1 saturated carbocycles. The molecule has 0 saturated heterocycles. The molecule has 7 nitrogen and oxygen atoms in total. The second-order valence-corrected chi connectivity index (χ2v) is 5.03. The lowest BCUT2D eigenvalue weighted by Gasteiger charge is -2.34. The Kier molecular flexibility index (Phi) is 3.84. The van der Waals surface area contributed by atoms with Crippen molar-refractivity contribution in [3.8, 4) is 0 Å². The van der Waals surface area contributed by atoms with E-state index in [1.165, 1.54) is 16.8 Å². The molecule has 19 heavy (non-hydrogen) atoms. The summed E-state index contributed by atoms with van der Waals surface area (Å²) in [4.78, 5) is 35.6. The molecule has 0 amide bonds. The van der Waals surface area contributed by atoms with Crippen LogP contribution in [0.15, 0.2) is 21.9 Å². The molecule has 1 aromatic heterocycles. The van der Waals surface area contributed by atoms with Gasteiger partial charge in [0, 0.05) is 24.7 Å². The van der Waals surface area contributed by atoms with Crippen LogP contribution < -0.4 is 17.0 Å². The van der Waals surface area contributed by atoms with Crippen LogP contribution in [0.3, 0.4) is 0 Å². The summed E-state index contributed by atoms with van der Waals surface area (Å²) in [5.74, 6) is -0.765. The minimum Gasteiger partial charge on any atom is -0.481 e. The van der Waals surface area contributed by atoms with E-state index in [9.17, 15) is 14.4 Å². The number of carboxylic acid groups (broad SMARTS) is 1. The van der Waals surface area contributed by atoms with E-state index in [-0.39, 0.29) is 24.4 Å². The maximum atomic E-state index is 11.7. The van der Waals surface area contributed by atoms with Gasteiger partial charge in [0.1, 0.15) is 0 Å². The van der Waals surface area contributed by atoms with Crippen LogP contribution in [-0.2, 0) is 4.79 Å². The first kappa shape index (κ1) is 13.5. The van der Waals surface area contributed by atoms with Gasteiger partial charge in [0.05, 0.1) is 6.04 Å². The average Bonchev–Trinajstić information content (AvgIpc) is 2.30. The van der Waals surface area contributed by atoms with Crippen molar-refractivity contribution in [2.45, 2.75) is 37.8 Å². The van der Waals surface area contributed by atoms with Gasteiger partial charge in [0.15, 0.2) is 0 Å². The van der Waals surface area contributed by atoms with Crippen LogP contribution in [0.2, 0.25) is 0 Å². The second kappa shape index (κ2) is 5.40. The predicted octanol–water partition coefficient (Wildman–Crippen LogP) is -0.320. The number of carboxylic acids is 1. The number of hydrogen-bond donors (Lipinski definition) is 3. The summed E-state index contributed by atoms with van der Waals surface area (Å²) in [6.45, 7) is 0. The topological polar surface area (TPSA) is 118 Å². The highest BCUT2D eigenvalue weighted by Crippen LogP contribution is 2.32. The molecule has 0 bridgehead atoms. The van der Waals surface area contributed by atoms with Crippen molar-refractivity contribution in [2.75, 3.05) is 0 Å². The molecule has 1 heterocycles. The van der Waals surface area contributed by atoms with Crippen molar-refractivity contribution in [1.82, 2.24) is 9.55 Å². The highest BCUT2D eigenvalue weighted by Gasteiger charge is 2.30. The number of nitrogens with zero attached hydrogens (tertiary/aromatic N) is 1. The van der Waals surface area contributed by atoms with Crippen LogP contribution in [0.5, 0.6) is 0 Å². The summed E-state index contributed by atoms with van der Waals surface area (Å²) in [5, 5.41) is 8.77. The number of carbonyl (C=O) groups is 1. The first-order valence-electron chi connectivity index (χ1n) is 6.26. The normalized spacial score (nSPS) is 27.1. The first-order valence-corrected chi connectivity index (χ1v) is 6.26. The van der Waals surface area contributed by atoms with Crippen LogP contribution in [0.1, 0.15) is 31.7 Å². The number of aliphatic carboxylic acids is 1. The Morgan fingerprint density at radius 2 is 2.21 bits per heavy atom. The summed E-state index contributed by atoms with van der Waals surface area (Å²) >= 11 is 0. The fourth-order valence-electron chi connectivity index (χ4n) is 2.75. The Morgan fingerprint density at radius 3 is 2.79 bits per heavy atom. The van der Waals surface area contributed by atoms with Gasteiger partial charge in [-0.05, 0) is 25.2 Å². The summed E-state index contributed by atoms with van der Waals surface area (Å²) in [5.41, 5.74) is 5.14. The fraction of sp³-hybridized carbons (Fsp3) is 0.583. The first-order chi connectivity index (χ1) is 8.97. The minimum absolute atomic E-state index is 0.0576. The fourth-order valence-corrected chi connectivity index (χ4v) is 2.75. The van der Waals surface area contributed by atoms with E-state index >= 15 is 0 Å². The second-order valence-electron chi connectivity index (χ2n) is 5.03. The minimum atomic E-state index is -0.822. The molecule has 0 radical (unpaired) electrons. The van der Waals surface area contributed by atoms with E-state index in [0.717, 1.165) is 6.42 Å². The number of nitrogens with one attached hydrogen (secondary N) is 1. The Hall–Kier alpha value is -1.89. The Morgan fingerprint density at radius 1 is 1.47 bits per heavy atom. The Labute approximate surface area is 109 Å². The van der Waals surface area contributed by atoms with Crippen LogP contribution >= 0.6 is 0 Å². The number of hydrogen-bond acceptors (Lipinski definition) is 4. The van der Waals surface area contributed by atoms with Crippen molar-refractivity contribution in [1.29, 1.82) is 0 Å². The van der Waals surface area contributed by atoms with E-state index in [4.69, 9.17) is 10.8 Å². The molecule has 1 aliphatic carbocycles. The lowest BCUT2D eigenvalue weighted by atomic mass is 9.81. The predicted molar refractivity (Wildman–Crippen MR) is 67.9 cm³/mol. The molecule has 104 valence electrons. The van der Waals surface area contributed by atoms with E-state index in [0.29, 0.717) is 12.8 Å². The molecule has 4 N–H and O–H groups in total. The smallest absolute Gasteiger partial charge is 0.328 e. The monoisotopic (exact) mass is 267 g/mol. The molecule has 7 heteroatoms. The number of aromatic nitrogens is 2. The van der Waals surface area contributed by atoms with Crippen molar-refractivity contribution in [2.24, 2.45) is 11.7 Å². The zero-order chi connectivity index (χ0) is 14.0. The molecule has 0 aromatic carbocycles. The third-order valence-electron chi connectivity index (χ3n) is 3.64. The van der Waals surface area contributed by atoms with Crippen LogP contribution in [0.25, 0.3) is 0 Å². The molecule has 1 aromatic rings. The number of H-pyrrole nitrogens is 1. The SMILES string of the molecule is NC1CC(CC(=O)O)CCC1n1ccc(=O)[nH]c1=O. The van der Waals surface area contributed by atoms with Crippen LogP contribution in [0, 0.1) is 5.92 Å². The molecule has 1 aliphatic rings. The van der Waals surface area contributed by atoms with Crippen molar-refractivity contribution < 1.29 is 9.90 Å². The maximum absolute atomic E-state index is 11.7. The lowest BCUT2D eigenvalue weighted by Crippen LogP contribution is -2.43. The van der Waals surface area contributed by atoms with Gasteiger partial charge >= 0.3 is 11.7 Å². The maximum Gasteiger partial charge on any atom is 0.328 e. The molecule has 3 atom stereocenters. The van der Waals surface area contributed by atoms with Gasteiger partial charge < -0.3 is 10.8 Å². The van der Waals surface area contributed by atoms with Gasteiger partial charge in [-0.15, -0.1) is 0 Å². The van der Waals surface area contributed by atoms with E-state index in [1.54, 1.807) is 0 Å². The zero-order valence-corrected chi connectivity index (χ0v) is 10.4. The number of rotatable bonds is 3. The lowest BCUT2D eigenvalue weighted by molar-refractivity contribution is -0.138. The Balaban J connectivity index is 2.13. The van der Waals surface area contributed by atoms with Gasteiger partial charge in [0.25, 0.3) is 5.56 Å². The van der Waals surface area contributed by atoms with Gasteiger partial charge in [-0.1, -0.05) is 0 Å². The van der Waals surface area contributed by atoms with Crippen molar-refractivity contribution >= 4 is 5.97 Å². The van der Waals surface area contributed by atoms with Gasteiger partial charge in [-0.3, -0.25) is 19.1 Å². The third-order valence-corrected chi connectivity index (χ3v) is 3.64. The summed E-state index contributed by atoms with van der Waals surface area (Å²) < 4.78 is 1.43. The third kappa shape index (κ3) is 3.11. The van der Waals surface area contributed by atoms with Gasteiger partial charge in [0.2, 0.25) is 0 Å². The number of aromatic amines is 1. The molecule has 0 spiro atoms. The van der Waals surface area contributed by atoms with Gasteiger partial charge in [-0.25, -0.2) is 4.79 Å². The summed E-state index contributed by atoms with van der Waals surface area (Å²) in [7, 11) is 0. The molecule has 0 aliphatic heterocycles. The van der Waals surface area contributed by atoms with Crippen molar-refractivity contribution in [3.05, 3.63) is 33.1 Å². The molecule has 3 unspecified atom stereocenters. The van der Waals surface area contributed by atoms with E-state index < -0.39 is 17.2 Å². The van der Waals surface area contributed by atoms with Gasteiger partial charge in [-0.2, -0.15) is 0 Å². The van der Waals surface area contributed by atoms with Crippen LogP contribution in [-0.4, -0.2) is 26.7 Å². The molecule has 1 fully saturated rings. The molecular formula is C12H17N3O4. The Bertz CT molecular complexity index is 577. The highest BCUT2D eigenvalue weighted by atomic mass is 16.4. The summed E-state index contributed by atoms with van der Waals surface area (Å²) in [6, 6.07) is 0.827. The zero-order valence-electron chi connectivity index (χ0n) is 10.4. The van der Waals surface area contributed by atoms with E-state index in [1.807, 2.05) is 0 Å². The van der Waals surface area contributed by atoms with Crippen molar-refractivity contribution in [3.63, 3.8) is 0 Å². The van der Waals surface area contributed by atoms with E-state index in [2.05, 4.69) is 4.98 Å².